The molecule has 112 valence electrons. The number of H-pyrrole nitrogens is 1. The van der Waals surface area contributed by atoms with Crippen LogP contribution in [-0.2, 0) is 4.74 Å². The van der Waals surface area contributed by atoms with E-state index < -0.39 is 47.5 Å². The third-order valence-corrected chi connectivity index (χ3v) is 2.97. The van der Waals surface area contributed by atoms with Gasteiger partial charge in [-0.2, -0.15) is 13.2 Å². The van der Waals surface area contributed by atoms with Gasteiger partial charge in [-0.05, 0) is 6.92 Å². The second-order valence-corrected chi connectivity index (χ2v) is 4.46. The molecule has 1 fully saturated rings. The molecular weight excluding hydrogens is 285 g/mol. The first kappa shape index (κ1) is 14.8. The molecule has 0 bridgehead atoms. The maximum Gasteiger partial charge on any atom is 0.330 e. The molecule has 10 heteroatoms. The van der Waals surface area contributed by atoms with Crippen molar-refractivity contribution < 1.29 is 28.1 Å². The second kappa shape index (κ2) is 4.72. The van der Waals surface area contributed by atoms with Crippen molar-refractivity contribution in [3.05, 3.63) is 32.9 Å². The molecule has 0 unspecified atom stereocenters. The number of aliphatic hydroxyl groups excluding tert-OH is 2. The number of nitrogens with zero attached hydrogens (tertiary/aromatic N) is 1. The van der Waals surface area contributed by atoms with Crippen LogP contribution in [-0.4, -0.2) is 44.0 Å². The van der Waals surface area contributed by atoms with Crippen molar-refractivity contribution in [3.63, 3.8) is 0 Å². The minimum atomic E-state index is -3.95. The summed E-state index contributed by atoms with van der Waals surface area (Å²) in [6, 6.07) is 0. The smallest absolute Gasteiger partial charge is 0.330 e. The average Bonchev–Trinajstić information content (AvgIpc) is 2.56. The maximum atomic E-state index is 13.9. The molecule has 1 aromatic rings. The van der Waals surface area contributed by atoms with Gasteiger partial charge in [0.1, 0.15) is 6.10 Å². The third kappa shape index (κ3) is 2.15. The van der Waals surface area contributed by atoms with Gasteiger partial charge >= 0.3 is 11.6 Å². The molecule has 0 spiro atoms. The summed E-state index contributed by atoms with van der Waals surface area (Å²) in [6.07, 6.45) is -7.55. The van der Waals surface area contributed by atoms with E-state index in [0.29, 0.717) is 0 Å². The van der Waals surface area contributed by atoms with Crippen LogP contribution in [0.2, 0.25) is 0 Å². The van der Waals surface area contributed by atoms with Gasteiger partial charge in [0.2, 0.25) is 12.0 Å². The Labute approximate surface area is 109 Å². The lowest BCUT2D eigenvalue weighted by atomic mass is 10.1. The molecule has 1 aliphatic rings. The lowest BCUT2D eigenvalue weighted by Gasteiger charge is -2.20. The van der Waals surface area contributed by atoms with Gasteiger partial charge in [-0.1, -0.05) is 0 Å². The normalized spacial score (nSPS) is 30.4. The number of hydrogen-bond donors (Lipinski definition) is 3. The van der Waals surface area contributed by atoms with Crippen molar-refractivity contribution in [2.24, 2.45) is 0 Å². The summed E-state index contributed by atoms with van der Waals surface area (Å²) < 4.78 is 45.7. The summed E-state index contributed by atoms with van der Waals surface area (Å²) in [4.78, 5) is 23.8. The fourth-order valence-electron chi connectivity index (χ4n) is 1.94. The van der Waals surface area contributed by atoms with E-state index in [1.807, 2.05) is 0 Å². The fourth-order valence-corrected chi connectivity index (χ4v) is 1.94. The first-order chi connectivity index (χ1) is 9.16. The van der Waals surface area contributed by atoms with Gasteiger partial charge in [-0.15, -0.1) is 0 Å². The minimum Gasteiger partial charge on any atom is -0.391 e. The van der Waals surface area contributed by atoms with Gasteiger partial charge in [0.25, 0.3) is 5.56 Å². The molecule has 0 aliphatic carbocycles. The fraction of sp³-hybridized carbons (Fsp3) is 0.600. The van der Waals surface area contributed by atoms with Crippen molar-refractivity contribution >= 4 is 0 Å². The highest BCUT2D eigenvalue weighted by atomic mass is 19.3. The van der Waals surface area contributed by atoms with E-state index in [4.69, 9.17) is 4.74 Å². The van der Waals surface area contributed by atoms with Gasteiger partial charge < -0.3 is 14.9 Å². The molecule has 0 amide bonds. The largest absolute Gasteiger partial charge is 0.391 e. The molecule has 7 nitrogen and oxygen atoms in total. The molecule has 1 saturated heterocycles. The Balaban J connectivity index is 2.51. The number of nitrogens with one attached hydrogen (secondary N) is 1. The van der Waals surface area contributed by atoms with Gasteiger partial charge in [0.15, 0.2) is 6.10 Å². The highest BCUT2D eigenvalue weighted by molar-refractivity contribution is 5.00. The quantitative estimate of drug-likeness (QED) is 0.646. The zero-order valence-corrected chi connectivity index (χ0v) is 10.1. The molecule has 1 aromatic heterocycles. The number of aromatic amines is 1. The Morgan fingerprint density at radius 3 is 2.60 bits per heavy atom. The average molecular weight is 296 g/mol. The van der Waals surface area contributed by atoms with Crippen LogP contribution in [0.4, 0.5) is 13.2 Å². The van der Waals surface area contributed by atoms with E-state index >= 15 is 0 Å². The van der Waals surface area contributed by atoms with Crippen LogP contribution in [0.5, 0.6) is 0 Å². The van der Waals surface area contributed by atoms with E-state index in [-0.39, 0.29) is 10.8 Å². The van der Waals surface area contributed by atoms with E-state index in [1.165, 1.54) is 4.98 Å². The lowest BCUT2D eigenvalue weighted by Crippen LogP contribution is -2.44. The number of aromatic nitrogens is 2. The molecule has 0 aromatic carbocycles. The summed E-state index contributed by atoms with van der Waals surface area (Å²) in [6.45, 7) is 1.11. The monoisotopic (exact) mass is 296 g/mol. The van der Waals surface area contributed by atoms with Gasteiger partial charge in [-0.25, -0.2) is 4.79 Å². The van der Waals surface area contributed by atoms with E-state index in [1.54, 1.807) is 0 Å². The van der Waals surface area contributed by atoms with Gasteiger partial charge in [0, 0.05) is 0 Å². The van der Waals surface area contributed by atoms with E-state index in [0.717, 1.165) is 6.92 Å². The van der Waals surface area contributed by atoms with Crippen LogP contribution in [0.25, 0.3) is 0 Å². The topological polar surface area (TPSA) is 105 Å². The molecule has 3 N–H and O–H groups in total. The van der Waals surface area contributed by atoms with Crippen LogP contribution in [0.3, 0.4) is 0 Å². The zero-order chi connectivity index (χ0) is 15.2. The Morgan fingerprint density at radius 1 is 1.50 bits per heavy atom. The first-order valence-corrected chi connectivity index (χ1v) is 5.56. The SMILES string of the molecule is C[C@@H](O)[C@H]1O[C@@H](n2cc(F)c(=O)[nH]c2=O)C(F)(F)[C@@H]1O. The highest BCUT2D eigenvalue weighted by Gasteiger charge is 2.60. The summed E-state index contributed by atoms with van der Waals surface area (Å²) in [5.41, 5.74) is -2.68. The van der Waals surface area contributed by atoms with Crippen LogP contribution in [0.15, 0.2) is 15.8 Å². The van der Waals surface area contributed by atoms with Crippen molar-refractivity contribution in [2.45, 2.75) is 37.4 Å². The van der Waals surface area contributed by atoms with E-state index in [9.17, 15) is 33.0 Å². The standard InChI is InChI=1S/C10H11F3N2O5/c1-3(16)5-6(17)10(12,13)8(20-5)15-2-4(11)7(18)14-9(15)19/h2-3,5-6,8,16-17H,1H3,(H,14,18,19)/t3-,5-,6-,8-/m1/s1. The number of alkyl halides is 2. The molecule has 4 atom stereocenters. The highest BCUT2D eigenvalue weighted by Crippen LogP contribution is 2.42. The number of halogens is 3. The Kier molecular flexibility index (Phi) is 3.48. The molecule has 2 heterocycles. The molecular formula is C10H11F3N2O5. The number of ether oxygens (including phenoxy) is 1. The lowest BCUT2D eigenvalue weighted by molar-refractivity contribution is -0.141. The molecule has 2 rings (SSSR count). The minimum absolute atomic E-state index is 0.127. The number of rotatable bonds is 2. The van der Waals surface area contributed by atoms with Crippen LogP contribution in [0, 0.1) is 5.82 Å². The summed E-state index contributed by atoms with van der Waals surface area (Å²) in [5, 5.41) is 18.7. The predicted molar refractivity (Wildman–Crippen MR) is 57.8 cm³/mol. The number of hydrogen-bond acceptors (Lipinski definition) is 5. The van der Waals surface area contributed by atoms with Crippen LogP contribution in [0.1, 0.15) is 13.2 Å². The van der Waals surface area contributed by atoms with Crippen molar-refractivity contribution in [2.75, 3.05) is 0 Å². The Morgan fingerprint density at radius 2 is 2.10 bits per heavy atom. The molecule has 0 radical (unpaired) electrons. The third-order valence-electron chi connectivity index (χ3n) is 2.97. The summed E-state index contributed by atoms with van der Waals surface area (Å²) in [5.74, 6) is -5.41. The summed E-state index contributed by atoms with van der Waals surface area (Å²) in [7, 11) is 0. The summed E-state index contributed by atoms with van der Waals surface area (Å²) >= 11 is 0. The zero-order valence-electron chi connectivity index (χ0n) is 10.1. The Hall–Kier alpha value is -1.65. The first-order valence-electron chi connectivity index (χ1n) is 5.56. The molecule has 20 heavy (non-hydrogen) atoms. The van der Waals surface area contributed by atoms with Crippen molar-refractivity contribution in [1.29, 1.82) is 0 Å². The van der Waals surface area contributed by atoms with Crippen LogP contribution < -0.4 is 11.2 Å². The van der Waals surface area contributed by atoms with Crippen molar-refractivity contribution in [3.8, 4) is 0 Å². The van der Waals surface area contributed by atoms with E-state index in [2.05, 4.69) is 0 Å². The Bertz CT molecular complexity index is 626. The van der Waals surface area contributed by atoms with Crippen LogP contribution >= 0.6 is 0 Å². The second-order valence-electron chi connectivity index (χ2n) is 4.46. The van der Waals surface area contributed by atoms with Gasteiger partial charge in [-0.3, -0.25) is 14.3 Å². The van der Waals surface area contributed by atoms with Gasteiger partial charge in [0.05, 0.1) is 12.3 Å². The molecule has 0 saturated carbocycles. The number of aliphatic hydroxyl groups is 2. The predicted octanol–water partition coefficient (Wildman–Crippen LogP) is -1.05. The van der Waals surface area contributed by atoms with Crippen molar-refractivity contribution in [1.82, 2.24) is 9.55 Å². The maximum absolute atomic E-state index is 13.9. The molecule has 1 aliphatic heterocycles.